The highest BCUT2D eigenvalue weighted by molar-refractivity contribution is 5.92. The fraction of sp³-hybridized carbons (Fsp3) is 0.375. The van der Waals surface area contributed by atoms with E-state index in [1.807, 2.05) is 44.2 Å². The minimum atomic E-state index is -0.284. The summed E-state index contributed by atoms with van der Waals surface area (Å²) in [5.41, 5.74) is 1.07. The highest BCUT2D eigenvalue weighted by atomic mass is 16.3. The number of nitrogens with one attached hydrogen (secondary N) is 1. The molecule has 0 aliphatic heterocycles. The maximum absolute atomic E-state index is 12.2. The minimum absolute atomic E-state index is 0.0389. The number of carbonyl (C=O) groups excluding carboxylic acids is 1. The van der Waals surface area contributed by atoms with Gasteiger partial charge in [-0.3, -0.25) is 4.79 Å². The van der Waals surface area contributed by atoms with E-state index in [9.17, 15) is 4.79 Å². The molecule has 5 heteroatoms. The Bertz CT molecular complexity index is 578. The Morgan fingerprint density at radius 2 is 2.05 bits per heavy atom. The first kappa shape index (κ1) is 15.3. The van der Waals surface area contributed by atoms with Gasteiger partial charge in [0.1, 0.15) is 6.26 Å². The summed E-state index contributed by atoms with van der Waals surface area (Å²) in [5, 5.41) is 11.9. The topological polar surface area (TPSA) is 75.4 Å². The lowest BCUT2D eigenvalue weighted by Crippen LogP contribution is -2.39. The highest BCUT2D eigenvalue weighted by Crippen LogP contribution is 2.18. The van der Waals surface area contributed by atoms with Crippen molar-refractivity contribution >= 4 is 5.91 Å². The number of benzene rings is 1. The Morgan fingerprint density at radius 3 is 2.67 bits per heavy atom. The molecule has 2 rings (SSSR count). The van der Waals surface area contributed by atoms with E-state index in [-0.39, 0.29) is 30.2 Å². The number of carbonyl (C=O) groups is 1. The zero-order chi connectivity index (χ0) is 15.2. The van der Waals surface area contributed by atoms with Crippen LogP contribution in [-0.4, -0.2) is 28.6 Å². The zero-order valence-corrected chi connectivity index (χ0v) is 12.2. The number of rotatable bonds is 6. The first-order valence-corrected chi connectivity index (χ1v) is 7.04. The predicted molar refractivity (Wildman–Crippen MR) is 79.7 cm³/mol. The van der Waals surface area contributed by atoms with E-state index in [4.69, 9.17) is 9.52 Å². The molecule has 0 spiro atoms. The van der Waals surface area contributed by atoms with Crippen molar-refractivity contribution in [2.24, 2.45) is 5.92 Å². The molecule has 1 heterocycles. The molecule has 0 aliphatic rings. The van der Waals surface area contributed by atoms with Crippen LogP contribution in [-0.2, 0) is 0 Å². The summed E-state index contributed by atoms with van der Waals surface area (Å²) < 4.78 is 5.35. The second kappa shape index (κ2) is 7.04. The van der Waals surface area contributed by atoms with Gasteiger partial charge in [0.2, 0.25) is 5.89 Å². The Hall–Kier alpha value is -2.14. The van der Waals surface area contributed by atoms with Crippen LogP contribution in [0.1, 0.15) is 30.8 Å². The van der Waals surface area contributed by atoms with Gasteiger partial charge in [0, 0.05) is 18.2 Å². The number of aromatic nitrogens is 1. The molecule has 5 nitrogen and oxygen atoms in total. The van der Waals surface area contributed by atoms with Crippen LogP contribution in [0.2, 0.25) is 0 Å². The summed E-state index contributed by atoms with van der Waals surface area (Å²) in [7, 11) is 0. The van der Waals surface area contributed by atoms with Crippen LogP contribution in [0.15, 0.2) is 41.0 Å². The van der Waals surface area contributed by atoms with Gasteiger partial charge in [-0.15, -0.1) is 0 Å². The number of hydrogen-bond acceptors (Lipinski definition) is 4. The van der Waals surface area contributed by atoms with E-state index >= 15 is 0 Å². The van der Waals surface area contributed by atoms with Crippen molar-refractivity contribution in [3.8, 4) is 11.5 Å². The van der Waals surface area contributed by atoms with Gasteiger partial charge in [0.15, 0.2) is 5.69 Å². The van der Waals surface area contributed by atoms with Crippen molar-refractivity contribution in [1.29, 1.82) is 0 Å². The molecule has 2 N–H and O–H groups in total. The monoisotopic (exact) mass is 288 g/mol. The quantitative estimate of drug-likeness (QED) is 0.856. The van der Waals surface area contributed by atoms with Gasteiger partial charge < -0.3 is 14.8 Å². The predicted octanol–water partition coefficient (Wildman–Crippen LogP) is 2.48. The fourth-order valence-electron chi connectivity index (χ4n) is 2.04. The minimum Gasteiger partial charge on any atom is -0.444 e. The van der Waals surface area contributed by atoms with Crippen molar-refractivity contribution in [1.82, 2.24) is 10.3 Å². The van der Waals surface area contributed by atoms with E-state index in [0.29, 0.717) is 12.3 Å². The lowest BCUT2D eigenvalue weighted by atomic mass is 10.0. The molecule has 1 aromatic heterocycles. The van der Waals surface area contributed by atoms with Crippen LogP contribution in [0.25, 0.3) is 11.5 Å². The van der Waals surface area contributed by atoms with E-state index < -0.39 is 0 Å². The normalized spacial score (nSPS) is 12.4. The summed E-state index contributed by atoms with van der Waals surface area (Å²) in [4.78, 5) is 16.4. The summed E-state index contributed by atoms with van der Waals surface area (Å²) in [5.74, 6) is 0.374. The van der Waals surface area contributed by atoms with E-state index in [1.165, 1.54) is 6.26 Å². The van der Waals surface area contributed by atoms with Crippen molar-refractivity contribution in [2.75, 3.05) is 6.61 Å². The maximum Gasteiger partial charge on any atom is 0.273 e. The standard InChI is InChI=1S/C16H20N2O3/c1-11(2)13(8-9-19)17-15(20)14-10-21-16(18-14)12-6-4-3-5-7-12/h3-7,10-11,13,19H,8-9H2,1-2H3,(H,17,20). The molecular formula is C16H20N2O3. The Labute approximate surface area is 124 Å². The number of hydrogen-bond donors (Lipinski definition) is 2. The Kier molecular flexibility index (Phi) is 5.11. The summed E-state index contributed by atoms with van der Waals surface area (Å²) >= 11 is 0. The van der Waals surface area contributed by atoms with Gasteiger partial charge in [-0.05, 0) is 24.5 Å². The average Bonchev–Trinajstić information content (AvgIpc) is 2.97. The van der Waals surface area contributed by atoms with Crippen LogP contribution >= 0.6 is 0 Å². The lowest BCUT2D eigenvalue weighted by molar-refractivity contribution is 0.0911. The second-order valence-electron chi connectivity index (χ2n) is 5.24. The first-order valence-electron chi connectivity index (χ1n) is 7.04. The molecule has 1 aromatic carbocycles. The first-order chi connectivity index (χ1) is 10.1. The SMILES string of the molecule is CC(C)C(CCO)NC(=O)c1coc(-c2ccccc2)n1. The second-order valence-corrected chi connectivity index (χ2v) is 5.24. The Morgan fingerprint density at radius 1 is 1.33 bits per heavy atom. The van der Waals surface area contributed by atoms with Gasteiger partial charge in [-0.25, -0.2) is 4.98 Å². The lowest BCUT2D eigenvalue weighted by Gasteiger charge is -2.20. The van der Waals surface area contributed by atoms with Gasteiger partial charge in [0.25, 0.3) is 5.91 Å². The Balaban J connectivity index is 2.08. The van der Waals surface area contributed by atoms with Crippen molar-refractivity contribution < 1.29 is 14.3 Å². The van der Waals surface area contributed by atoms with E-state index in [2.05, 4.69) is 10.3 Å². The molecule has 21 heavy (non-hydrogen) atoms. The molecule has 0 fully saturated rings. The smallest absolute Gasteiger partial charge is 0.273 e. The number of aliphatic hydroxyl groups excluding tert-OH is 1. The molecule has 0 aliphatic carbocycles. The molecule has 0 bridgehead atoms. The number of oxazole rings is 1. The molecular weight excluding hydrogens is 268 g/mol. The summed E-state index contributed by atoms with van der Waals surface area (Å²) in [6.45, 7) is 4.04. The largest absolute Gasteiger partial charge is 0.444 e. The molecule has 0 radical (unpaired) electrons. The van der Waals surface area contributed by atoms with Crippen LogP contribution in [0, 0.1) is 5.92 Å². The number of amides is 1. The molecule has 0 saturated carbocycles. The van der Waals surface area contributed by atoms with Crippen LogP contribution in [0.4, 0.5) is 0 Å². The summed E-state index contributed by atoms with van der Waals surface area (Å²) in [6, 6.07) is 9.33. The zero-order valence-electron chi connectivity index (χ0n) is 12.2. The third-order valence-electron chi connectivity index (χ3n) is 3.32. The van der Waals surface area contributed by atoms with Crippen molar-refractivity contribution in [3.63, 3.8) is 0 Å². The molecule has 0 saturated heterocycles. The van der Waals surface area contributed by atoms with Gasteiger partial charge >= 0.3 is 0 Å². The van der Waals surface area contributed by atoms with Crippen molar-refractivity contribution in [2.45, 2.75) is 26.3 Å². The molecule has 1 unspecified atom stereocenters. The number of aliphatic hydroxyl groups is 1. The molecule has 112 valence electrons. The third kappa shape index (κ3) is 3.92. The van der Waals surface area contributed by atoms with Crippen LogP contribution in [0.5, 0.6) is 0 Å². The van der Waals surface area contributed by atoms with Crippen LogP contribution in [0.3, 0.4) is 0 Å². The third-order valence-corrected chi connectivity index (χ3v) is 3.32. The summed E-state index contributed by atoms with van der Waals surface area (Å²) in [6.07, 6.45) is 1.88. The molecule has 1 amide bonds. The van der Waals surface area contributed by atoms with E-state index in [0.717, 1.165) is 5.56 Å². The van der Waals surface area contributed by atoms with Gasteiger partial charge in [0.05, 0.1) is 0 Å². The molecule has 1 atom stereocenters. The highest BCUT2D eigenvalue weighted by Gasteiger charge is 2.19. The van der Waals surface area contributed by atoms with Gasteiger partial charge in [-0.2, -0.15) is 0 Å². The van der Waals surface area contributed by atoms with Crippen LogP contribution < -0.4 is 5.32 Å². The fourth-order valence-corrected chi connectivity index (χ4v) is 2.04. The van der Waals surface area contributed by atoms with Gasteiger partial charge in [-0.1, -0.05) is 32.0 Å². The number of nitrogens with zero attached hydrogens (tertiary/aromatic N) is 1. The average molecular weight is 288 g/mol. The van der Waals surface area contributed by atoms with E-state index in [1.54, 1.807) is 0 Å². The molecule has 2 aromatic rings. The van der Waals surface area contributed by atoms with Crippen molar-refractivity contribution in [3.05, 3.63) is 42.3 Å². The maximum atomic E-state index is 12.2.